The molecule has 0 amide bonds. The van der Waals surface area contributed by atoms with Gasteiger partial charge in [-0.1, -0.05) is 42.5 Å². The van der Waals surface area contributed by atoms with Crippen molar-refractivity contribution in [2.75, 3.05) is 5.32 Å². The fourth-order valence-electron chi connectivity index (χ4n) is 2.15. The molecule has 2 aromatic carbocycles. The number of nitrogens with one attached hydrogen (secondary N) is 1. The number of hydrogen-bond acceptors (Lipinski definition) is 3. The van der Waals surface area contributed by atoms with E-state index in [1.807, 2.05) is 30.3 Å². The van der Waals surface area contributed by atoms with E-state index in [1.54, 1.807) is 11.3 Å². The maximum absolute atomic E-state index is 9.08. The Kier molecular flexibility index (Phi) is 3.99. The molecule has 1 heterocycles. The van der Waals surface area contributed by atoms with Gasteiger partial charge in [-0.3, -0.25) is 0 Å². The largest absolute Gasteiger partial charge is 0.379 e. The predicted molar refractivity (Wildman–Crippen MR) is 88.2 cm³/mol. The van der Waals surface area contributed by atoms with Crippen LogP contribution in [0.5, 0.6) is 0 Å². The summed E-state index contributed by atoms with van der Waals surface area (Å²) in [5, 5.41) is 12.4. The van der Waals surface area contributed by atoms with E-state index in [2.05, 4.69) is 47.8 Å². The zero-order chi connectivity index (χ0) is 14.5. The maximum Gasteiger partial charge on any atom is 0.101 e. The number of nitriles is 1. The lowest BCUT2D eigenvalue weighted by atomic mass is 10.2. The van der Waals surface area contributed by atoms with Crippen LogP contribution in [0.3, 0.4) is 0 Å². The number of hydrogen-bond donors (Lipinski definition) is 1. The molecule has 0 aliphatic carbocycles. The minimum Gasteiger partial charge on any atom is -0.379 e. The van der Waals surface area contributed by atoms with Crippen molar-refractivity contribution in [1.29, 1.82) is 5.26 Å². The number of rotatable bonds is 4. The molecule has 0 atom stereocenters. The van der Waals surface area contributed by atoms with Crippen molar-refractivity contribution in [3.63, 3.8) is 0 Å². The highest BCUT2D eigenvalue weighted by Gasteiger charge is 2.04. The molecule has 102 valence electrons. The first kappa shape index (κ1) is 13.4. The first-order valence-electron chi connectivity index (χ1n) is 6.74. The summed E-state index contributed by atoms with van der Waals surface area (Å²) in [5.41, 5.74) is 2.80. The molecule has 3 rings (SSSR count). The summed E-state index contributed by atoms with van der Waals surface area (Å²) in [6, 6.07) is 24.4. The highest BCUT2D eigenvalue weighted by atomic mass is 32.1. The Balaban J connectivity index is 1.72. The summed E-state index contributed by atoms with van der Waals surface area (Å²) in [6.07, 6.45) is 0. The van der Waals surface area contributed by atoms with Crippen LogP contribution in [0, 0.1) is 11.3 Å². The normalized spacial score (nSPS) is 10.0. The minimum absolute atomic E-state index is 0.678. The van der Waals surface area contributed by atoms with Gasteiger partial charge in [-0.15, -0.1) is 11.3 Å². The molecule has 0 spiro atoms. The summed E-state index contributed by atoms with van der Waals surface area (Å²) < 4.78 is 0. The second-order valence-corrected chi connectivity index (χ2v) is 5.81. The van der Waals surface area contributed by atoms with Crippen molar-refractivity contribution in [2.45, 2.75) is 6.54 Å². The standard InChI is InChI=1S/C18H14N2S/c19-12-15-8-4-5-9-17(15)20-13-16-10-11-18(21-16)14-6-2-1-3-7-14/h1-11,20H,13H2. The Morgan fingerprint density at radius 3 is 2.48 bits per heavy atom. The van der Waals surface area contributed by atoms with E-state index >= 15 is 0 Å². The van der Waals surface area contributed by atoms with Crippen LogP contribution >= 0.6 is 11.3 Å². The van der Waals surface area contributed by atoms with E-state index in [1.165, 1.54) is 15.3 Å². The molecule has 0 unspecified atom stereocenters. The van der Waals surface area contributed by atoms with E-state index in [0.29, 0.717) is 5.56 Å². The molecule has 1 aromatic heterocycles. The van der Waals surface area contributed by atoms with Crippen LogP contribution in [0.15, 0.2) is 66.7 Å². The number of nitrogens with zero attached hydrogens (tertiary/aromatic N) is 1. The molecule has 1 N–H and O–H groups in total. The van der Waals surface area contributed by atoms with E-state index in [-0.39, 0.29) is 0 Å². The summed E-state index contributed by atoms with van der Waals surface area (Å²) in [5.74, 6) is 0. The SMILES string of the molecule is N#Cc1ccccc1NCc1ccc(-c2ccccc2)s1. The molecule has 0 aliphatic rings. The van der Waals surface area contributed by atoms with Crippen LogP contribution in [-0.4, -0.2) is 0 Å². The molecular formula is C18H14N2S. The van der Waals surface area contributed by atoms with E-state index < -0.39 is 0 Å². The molecular weight excluding hydrogens is 276 g/mol. The van der Waals surface area contributed by atoms with Crippen molar-refractivity contribution in [2.24, 2.45) is 0 Å². The zero-order valence-electron chi connectivity index (χ0n) is 11.4. The maximum atomic E-state index is 9.08. The summed E-state index contributed by atoms with van der Waals surface area (Å²) in [7, 11) is 0. The van der Waals surface area contributed by atoms with Crippen LogP contribution in [-0.2, 0) is 6.54 Å². The predicted octanol–water partition coefficient (Wildman–Crippen LogP) is 4.90. The Morgan fingerprint density at radius 1 is 0.905 bits per heavy atom. The third-order valence-electron chi connectivity index (χ3n) is 3.22. The fourth-order valence-corrected chi connectivity index (χ4v) is 3.10. The molecule has 3 aromatic rings. The second kappa shape index (κ2) is 6.25. The lowest BCUT2D eigenvalue weighted by molar-refractivity contribution is 1.19. The third-order valence-corrected chi connectivity index (χ3v) is 4.35. The van der Waals surface area contributed by atoms with Crippen LogP contribution < -0.4 is 5.32 Å². The Hall–Kier alpha value is -2.57. The number of benzene rings is 2. The number of para-hydroxylation sites is 1. The molecule has 0 saturated heterocycles. The van der Waals surface area contributed by atoms with Gasteiger partial charge in [-0.2, -0.15) is 5.26 Å². The van der Waals surface area contributed by atoms with Crippen LogP contribution in [0.2, 0.25) is 0 Å². The molecule has 21 heavy (non-hydrogen) atoms. The van der Waals surface area contributed by atoms with Gasteiger partial charge in [0.1, 0.15) is 6.07 Å². The Bertz CT molecular complexity index is 769. The average molecular weight is 290 g/mol. The second-order valence-electron chi connectivity index (χ2n) is 4.64. The van der Waals surface area contributed by atoms with Gasteiger partial charge in [0.05, 0.1) is 11.3 Å². The van der Waals surface area contributed by atoms with Gasteiger partial charge in [-0.05, 0) is 29.8 Å². The smallest absolute Gasteiger partial charge is 0.101 e. The number of anilines is 1. The summed E-state index contributed by atoms with van der Waals surface area (Å²) >= 11 is 1.77. The molecule has 0 bridgehead atoms. The van der Waals surface area contributed by atoms with Gasteiger partial charge in [-0.25, -0.2) is 0 Å². The Morgan fingerprint density at radius 2 is 1.67 bits per heavy atom. The van der Waals surface area contributed by atoms with Gasteiger partial charge in [0, 0.05) is 16.3 Å². The highest BCUT2D eigenvalue weighted by molar-refractivity contribution is 7.15. The van der Waals surface area contributed by atoms with E-state index in [4.69, 9.17) is 5.26 Å². The molecule has 0 radical (unpaired) electrons. The third kappa shape index (κ3) is 3.13. The lowest BCUT2D eigenvalue weighted by Crippen LogP contribution is -1.99. The fraction of sp³-hybridized carbons (Fsp3) is 0.0556. The van der Waals surface area contributed by atoms with Crippen molar-refractivity contribution >= 4 is 17.0 Å². The lowest BCUT2D eigenvalue weighted by Gasteiger charge is -2.06. The molecule has 3 heteroatoms. The van der Waals surface area contributed by atoms with Crippen LogP contribution in [0.1, 0.15) is 10.4 Å². The van der Waals surface area contributed by atoms with Gasteiger partial charge in [0.15, 0.2) is 0 Å². The Labute approximate surface area is 128 Å². The van der Waals surface area contributed by atoms with Crippen molar-refractivity contribution < 1.29 is 0 Å². The number of thiophene rings is 1. The van der Waals surface area contributed by atoms with Gasteiger partial charge in [0.2, 0.25) is 0 Å². The molecule has 0 saturated carbocycles. The summed E-state index contributed by atoms with van der Waals surface area (Å²) in [6.45, 7) is 0.732. The van der Waals surface area contributed by atoms with Gasteiger partial charge >= 0.3 is 0 Å². The highest BCUT2D eigenvalue weighted by Crippen LogP contribution is 2.28. The molecule has 0 fully saturated rings. The van der Waals surface area contributed by atoms with Gasteiger partial charge in [0.25, 0.3) is 0 Å². The average Bonchev–Trinajstić information content (AvgIpc) is 3.03. The quantitative estimate of drug-likeness (QED) is 0.742. The van der Waals surface area contributed by atoms with E-state index in [9.17, 15) is 0 Å². The van der Waals surface area contributed by atoms with Crippen molar-refractivity contribution in [3.05, 3.63) is 77.2 Å². The monoisotopic (exact) mass is 290 g/mol. The van der Waals surface area contributed by atoms with Crippen LogP contribution in [0.4, 0.5) is 5.69 Å². The first-order chi connectivity index (χ1) is 10.4. The molecule has 2 nitrogen and oxygen atoms in total. The first-order valence-corrected chi connectivity index (χ1v) is 7.55. The topological polar surface area (TPSA) is 35.8 Å². The van der Waals surface area contributed by atoms with Crippen LogP contribution in [0.25, 0.3) is 10.4 Å². The van der Waals surface area contributed by atoms with Crippen molar-refractivity contribution in [1.82, 2.24) is 0 Å². The molecule has 0 aliphatic heterocycles. The zero-order valence-corrected chi connectivity index (χ0v) is 12.2. The van der Waals surface area contributed by atoms with Gasteiger partial charge < -0.3 is 5.32 Å². The summed E-state index contributed by atoms with van der Waals surface area (Å²) in [4.78, 5) is 2.52. The van der Waals surface area contributed by atoms with E-state index in [0.717, 1.165) is 12.2 Å². The van der Waals surface area contributed by atoms with Crippen molar-refractivity contribution in [3.8, 4) is 16.5 Å². The minimum atomic E-state index is 0.678.